The molecule has 108 valence electrons. The van der Waals surface area contributed by atoms with Gasteiger partial charge in [-0.3, -0.25) is 0 Å². The number of carbonyl (C=O) groups is 2. The normalized spacial score (nSPS) is 18.7. The first-order chi connectivity index (χ1) is 9.50. The molecule has 5 nitrogen and oxygen atoms in total. The van der Waals surface area contributed by atoms with Crippen molar-refractivity contribution in [3.63, 3.8) is 0 Å². The molecule has 2 rings (SSSR count). The molecule has 1 aromatic rings. The summed E-state index contributed by atoms with van der Waals surface area (Å²) in [5.41, 5.74) is -0.308. The van der Waals surface area contributed by atoms with Crippen LogP contribution in [0.2, 0.25) is 0 Å². The second-order valence-electron chi connectivity index (χ2n) is 4.15. The van der Waals surface area contributed by atoms with Gasteiger partial charge in [-0.1, -0.05) is 6.07 Å². The highest BCUT2D eigenvalue weighted by molar-refractivity contribution is 7.99. The lowest BCUT2D eigenvalue weighted by Gasteiger charge is -2.32. The van der Waals surface area contributed by atoms with Crippen LogP contribution in [0.1, 0.15) is 0 Å². The summed E-state index contributed by atoms with van der Waals surface area (Å²) in [7, 11) is 0. The summed E-state index contributed by atoms with van der Waals surface area (Å²) in [6.45, 7) is 0.240. The number of aliphatic carboxylic acids is 1. The zero-order valence-electron chi connectivity index (χ0n) is 10.3. The Bertz CT molecular complexity index is 541. The van der Waals surface area contributed by atoms with Gasteiger partial charge in [-0.25, -0.2) is 18.4 Å². The molecule has 1 unspecified atom stereocenters. The molecule has 8 heteroatoms. The Morgan fingerprint density at radius 3 is 2.85 bits per heavy atom. The van der Waals surface area contributed by atoms with Crippen molar-refractivity contribution in [2.75, 3.05) is 23.4 Å². The number of hydrogen-bond acceptors (Lipinski definition) is 3. The Labute approximate surface area is 117 Å². The van der Waals surface area contributed by atoms with E-state index in [1.54, 1.807) is 0 Å². The predicted molar refractivity (Wildman–Crippen MR) is 70.8 cm³/mol. The maximum atomic E-state index is 13.5. The minimum atomic E-state index is -1.17. The van der Waals surface area contributed by atoms with Gasteiger partial charge in [0.1, 0.15) is 6.04 Å². The number of amides is 2. The Kier molecular flexibility index (Phi) is 4.43. The molecule has 1 atom stereocenters. The summed E-state index contributed by atoms with van der Waals surface area (Å²) in [4.78, 5) is 24.2. The summed E-state index contributed by atoms with van der Waals surface area (Å²) in [5, 5.41) is 11.3. The molecule has 20 heavy (non-hydrogen) atoms. The zero-order valence-corrected chi connectivity index (χ0v) is 11.1. The molecule has 1 fully saturated rings. The topological polar surface area (TPSA) is 69.6 Å². The van der Waals surface area contributed by atoms with Gasteiger partial charge in [0.25, 0.3) is 0 Å². The molecule has 0 saturated carbocycles. The molecule has 2 amide bonds. The Balaban J connectivity index is 2.14. The molecule has 0 aromatic heterocycles. The van der Waals surface area contributed by atoms with Crippen LogP contribution in [0.25, 0.3) is 0 Å². The van der Waals surface area contributed by atoms with Gasteiger partial charge in [-0.2, -0.15) is 11.8 Å². The van der Waals surface area contributed by atoms with Gasteiger partial charge in [-0.05, 0) is 12.1 Å². The fourth-order valence-electron chi connectivity index (χ4n) is 1.84. The van der Waals surface area contributed by atoms with E-state index in [0.29, 0.717) is 5.75 Å². The van der Waals surface area contributed by atoms with E-state index in [-0.39, 0.29) is 18.0 Å². The Hall–Kier alpha value is -1.83. The monoisotopic (exact) mass is 302 g/mol. The summed E-state index contributed by atoms with van der Waals surface area (Å²) >= 11 is 1.43. The Morgan fingerprint density at radius 2 is 2.15 bits per heavy atom. The molecule has 2 N–H and O–H groups in total. The van der Waals surface area contributed by atoms with Gasteiger partial charge in [0, 0.05) is 18.1 Å². The van der Waals surface area contributed by atoms with Crippen molar-refractivity contribution in [2.24, 2.45) is 0 Å². The first-order valence-corrected chi connectivity index (χ1v) is 6.98. The molecule has 1 aromatic carbocycles. The van der Waals surface area contributed by atoms with Crippen LogP contribution in [0.3, 0.4) is 0 Å². The molecule has 1 aliphatic heterocycles. The van der Waals surface area contributed by atoms with Crippen LogP contribution in [0.5, 0.6) is 0 Å². The second kappa shape index (κ2) is 6.08. The number of nitrogens with one attached hydrogen (secondary N) is 1. The number of carboxylic acids is 1. The van der Waals surface area contributed by atoms with Crippen molar-refractivity contribution in [3.8, 4) is 0 Å². The number of urea groups is 1. The van der Waals surface area contributed by atoms with Crippen molar-refractivity contribution in [3.05, 3.63) is 29.8 Å². The molecule has 0 spiro atoms. The van der Waals surface area contributed by atoms with E-state index in [1.807, 2.05) is 0 Å². The van der Waals surface area contributed by atoms with Crippen LogP contribution in [-0.2, 0) is 4.79 Å². The van der Waals surface area contributed by atoms with Gasteiger partial charge in [0.15, 0.2) is 11.6 Å². The third-order valence-corrected chi connectivity index (χ3v) is 3.89. The van der Waals surface area contributed by atoms with E-state index in [0.717, 1.165) is 11.0 Å². The maximum absolute atomic E-state index is 13.5. The third kappa shape index (κ3) is 3.01. The number of hydrogen-bond donors (Lipinski definition) is 2. The first kappa shape index (κ1) is 14.6. The summed E-state index contributed by atoms with van der Waals surface area (Å²) in [5.74, 6) is -2.49. The molecule has 1 aliphatic rings. The number of carbonyl (C=O) groups excluding carboxylic acids is 1. The fraction of sp³-hybridized carbons (Fsp3) is 0.333. The second-order valence-corrected chi connectivity index (χ2v) is 5.30. The van der Waals surface area contributed by atoms with Crippen LogP contribution < -0.4 is 5.32 Å². The lowest BCUT2D eigenvalue weighted by Crippen LogP contribution is -2.51. The van der Waals surface area contributed by atoms with Gasteiger partial charge >= 0.3 is 12.0 Å². The van der Waals surface area contributed by atoms with Crippen molar-refractivity contribution in [2.45, 2.75) is 6.04 Å². The highest BCUT2D eigenvalue weighted by atomic mass is 32.2. The number of halogens is 2. The SMILES string of the molecule is O=C(O)C1CSCCN1C(=O)Nc1cccc(F)c1F. The molecule has 1 saturated heterocycles. The molecule has 1 heterocycles. The minimum Gasteiger partial charge on any atom is -0.480 e. The maximum Gasteiger partial charge on any atom is 0.327 e. The molecule has 0 radical (unpaired) electrons. The highest BCUT2D eigenvalue weighted by Gasteiger charge is 2.32. The number of nitrogens with zero attached hydrogens (tertiary/aromatic N) is 1. The van der Waals surface area contributed by atoms with Gasteiger partial charge in [0.05, 0.1) is 5.69 Å². The van der Waals surface area contributed by atoms with E-state index in [4.69, 9.17) is 5.11 Å². The summed E-state index contributed by atoms with van der Waals surface area (Å²) in [6.07, 6.45) is 0. The van der Waals surface area contributed by atoms with Crippen LogP contribution >= 0.6 is 11.8 Å². The number of benzene rings is 1. The number of thioether (sulfide) groups is 1. The van der Waals surface area contributed by atoms with E-state index in [9.17, 15) is 18.4 Å². The van der Waals surface area contributed by atoms with Crippen molar-refractivity contribution in [1.29, 1.82) is 0 Å². The standard InChI is InChI=1S/C12H12F2N2O3S/c13-7-2-1-3-8(10(7)14)15-12(19)16-4-5-20-6-9(16)11(17)18/h1-3,9H,4-6H2,(H,15,19)(H,17,18). The molecule has 0 bridgehead atoms. The average molecular weight is 302 g/mol. The zero-order chi connectivity index (χ0) is 14.7. The van der Waals surface area contributed by atoms with E-state index < -0.39 is 29.7 Å². The van der Waals surface area contributed by atoms with Gasteiger partial charge in [-0.15, -0.1) is 0 Å². The van der Waals surface area contributed by atoms with E-state index >= 15 is 0 Å². The van der Waals surface area contributed by atoms with Crippen LogP contribution in [-0.4, -0.2) is 46.1 Å². The first-order valence-electron chi connectivity index (χ1n) is 5.83. The third-order valence-electron chi connectivity index (χ3n) is 2.87. The Morgan fingerprint density at radius 1 is 1.40 bits per heavy atom. The predicted octanol–water partition coefficient (Wildman–Crippen LogP) is 2.00. The van der Waals surface area contributed by atoms with Crippen molar-refractivity contribution < 1.29 is 23.5 Å². The van der Waals surface area contributed by atoms with Gasteiger partial charge < -0.3 is 15.3 Å². The number of carboxylic acid groups (broad SMARTS) is 1. The molecular formula is C12H12F2N2O3S. The van der Waals surface area contributed by atoms with Crippen molar-refractivity contribution >= 4 is 29.4 Å². The van der Waals surface area contributed by atoms with Crippen molar-refractivity contribution in [1.82, 2.24) is 4.90 Å². The summed E-state index contributed by atoms with van der Waals surface area (Å²) in [6, 6.07) is 1.69. The number of anilines is 1. The van der Waals surface area contributed by atoms with Crippen LogP contribution in [0, 0.1) is 11.6 Å². The smallest absolute Gasteiger partial charge is 0.327 e. The fourth-order valence-corrected chi connectivity index (χ4v) is 2.88. The van der Waals surface area contributed by atoms with Gasteiger partial charge in [0.2, 0.25) is 0 Å². The van der Waals surface area contributed by atoms with Crippen LogP contribution in [0.15, 0.2) is 18.2 Å². The molecule has 0 aliphatic carbocycles. The quantitative estimate of drug-likeness (QED) is 0.876. The van der Waals surface area contributed by atoms with E-state index in [2.05, 4.69) is 5.32 Å². The highest BCUT2D eigenvalue weighted by Crippen LogP contribution is 2.20. The average Bonchev–Trinajstić information content (AvgIpc) is 2.43. The lowest BCUT2D eigenvalue weighted by atomic mass is 10.2. The van der Waals surface area contributed by atoms with Crippen LogP contribution in [0.4, 0.5) is 19.3 Å². The summed E-state index contributed by atoms with van der Waals surface area (Å²) < 4.78 is 26.5. The number of rotatable bonds is 2. The largest absolute Gasteiger partial charge is 0.480 e. The molecular weight excluding hydrogens is 290 g/mol. The lowest BCUT2D eigenvalue weighted by molar-refractivity contribution is -0.141. The minimum absolute atomic E-state index is 0.240. The van der Waals surface area contributed by atoms with E-state index in [1.165, 1.54) is 23.9 Å².